The molecule has 0 unspecified atom stereocenters. The molecule has 24 heavy (non-hydrogen) atoms. The number of hydrogen-bond acceptors (Lipinski definition) is 5. The van der Waals surface area contributed by atoms with Crippen molar-refractivity contribution in [2.45, 2.75) is 6.42 Å². The zero-order valence-electron chi connectivity index (χ0n) is 13.5. The SMILES string of the molecule is COc1cccc(/C=N\N2C(=O)[C@@H]3[C@H](C2=O)[C@H]2C=C[C@@H]3C2)c1OC. The number of methoxy groups -OCH3 is 2. The summed E-state index contributed by atoms with van der Waals surface area (Å²) < 4.78 is 10.6. The monoisotopic (exact) mass is 326 g/mol. The molecular weight excluding hydrogens is 308 g/mol. The highest BCUT2D eigenvalue weighted by Crippen LogP contribution is 2.52. The average molecular weight is 326 g/mol. The van der Waals surface area contributed by atoms with Crippen molar-refractivity contribution in [1.82, 2.24) is 5.01 Å². The number of ether oxygens (including phenoxy) is 2. The Morgan fingerprint density at radius 3 is 2.33 bits per heavy atom. The van der Waals surface area contributed by atoms with Gasteiger partial charge in [0.05, 0.1) is 32.3 Å². The van der Waals surface area contributed by atoms with E-state index in [4.69, 9.17) is 9.47 Å². The van der Waals surface area contributed by atoms with Crippen LogP contribution in [0.15, 0.2) is 35.5 Å². The highest BCUT2D eigenvalue weighted by molar-refractivity contribution is 6.07. The number of allylic oxidation sites excluding steroid dienone is 2. The minimum absolute atomic E-state index is 0.183. The summed E-state index contributed by atoms with van der Waals surface area (Å²) in [4.78, 5) is 25.2. The number of carbonyl (C=O) groups excluding carboxylic acids is 2. The van der Waals surface area contributed by atoms with E-state index in [9.17, 15) is 9.59 Å². The van der Waals surface area contributed by atoms with Gasteiger partial charge in [0, 0.05) is 5.56 Å². The number of hydrogen-bond donors (Lipinski definition) is 0. The summed E-state index contributed by atoms with van der Waals surface area (Å²) in [5.41, 5.74) is 0.649. The number of rotatable bonds is 4. The van der Waals surface area contributed by atoms with Crippen molar-refractivity contribution in [2.75, 3.05) is 14.2 Å². The molecule has 1 aromatic carbocycles. The Kier molecular flexibility index (Phi) is 3.40. The lowest BCUT2D eigenvalue weighted by Gasteiger charge is -2.13. The van der Waals surface area contributed by atoms with Crippen LogP contribution in [0.5, 0.6) is 11.5 Å². The summed E-state index contributed by atoms with van der Waals surface area (Å²) in [5.74, 6) is 0.587. The molecule has 1 saturated heterocycles. The number of para-hydroxylation sites is 1. The fourth-order valence-electron chi connectivity index (χ4n) is 4.13. The molecule has 2 amide bonds. The highest BCUT2D eigenvalue weighted by atomic mass is 16.5. The van der Waals surface area contributed by atoms with E-state index >= 15 is 0 Å². The minimum atomic E-state index is -0.239. The van der Waals surface area contributed by atoms with Gasteiger partial charge in [-0.3, -0.25) is 9.59 Å². The molecule has 0 aromatic heterocycles. The van der Waals surface area contributed by atoms with E-state index in [1.54, 1.807) is 25.3 Å². The van der Waals surface area contributed by atoms with Crippen molar-refractivity contribution in [3.05, 3.63) is 35.9 Å². The first kappa shape index (κ1) is 14.9. The molecule has 0 radical (unpaired) electrons. The van der Waals surface area contributed by atoms with Crippen LogP contribution in [0.25, 0.3) is 0 Å². The molecule has 2 fully saturated rings. The van der Waals surface area contributed by atoms with Crippen LogP contribution >= 0.6 is 0 Å². The molecular formula is C18H18N2O4. The van der Waals surface area contributed by atoms with Gasteiger partial charge in [0.25, 0.3) is 11.8 Å². The highest BCUT2D eigenvalue weighted by Gasteiger charge is 2.59. The number of fused-ring (bicyclic) bond motifs is 5. The van der Waals surface area contributed by atoms with E-state index in [1.807, 2.05) is 0 Å². The third-order valence-corrected chi connectivity index (χ3v) is 5.19. The molecule has 6 nitrogen and oxygen atoms in total. The Bertz CT molecular complexity index is 740. The van der Waals surface area contributed by atoms with Gasteiger partial charge in [0.1, 0.15) is 0 Å². The molecule has 3 aliphatic rings. The normalized spacial score (nSPS) is 30.5. The molecule has 2 bridgehead atoms. The average Bonchev–Trinajstić information content (AvgIpc) is 3.27. The largest absolute Gasteiger partial charge is 0.493 e. The molecule has 4 rings (SSSR count). The van der Waals surface area contributed by atoms with Gasteiger partial charge in [-0.05, 0) is 30.4 Å². The Morgan fingerprint density at radius 1 is 1.08 bits per heavy atom. The molecule has 1 saturated carbocycles. The van der Waals surface area contributed by atoms with Gasteiger partial charge < -0.3 is 9.47 Å². The second-order valence-corrected chi connectivity index (χ2v) is 6.32. The van der Waals surface area contributed by atoms with Crippen LogP contribution < -0.4 is 9.47 Å². The topological polar surface area (TPSA) is 68.2 Å². The molecule has 124 valence electrons. The van der Waals surface area contributed by atoms with Crippen LogP contribution in [0, 0.1) is 23.7 Å². The number of carbonyl (C=O) groups is 2. The lowest BCUT2D eigenvalue weighted by molar-refractivity contribution is -0.140. The number of hydrazone groups is 1. The van der Waals surface area contributed by atoms with Crippen molar-refractivity contribution in [2.24, 2.45) is 28.8 Å². The second kappa shape index (κ2) is 5.47. The van der Waals surface area contributed by atoms with E-state index in [-0.39, 0.29) is 35.5 Å². The van der Waals surface area contributed by atoms with Crippen LogP contribution in [0.1, 0.15) is 12.0 Å². The van der Waals surface area contributed by atoms with E-state index in [0.29, 0.717) is 17.1 Å². The predicted octanol–water partition coefficient (Wildman–Crippen LogP) is 1.84. The summed E-state index contributed by atoms with van der Waals surface area (Å²) in [5, 5.41) is 5.19. The second-order valence-electron chi connectivity index (χ2n) is 6.32. The van der Waals surface area contributed by atoms with Crippen molar-refractivity contribution < 1.29 is 19.1 Å². The third kappa shape index (κ3) is 1.99. The fraction of sp³-hybridized carbons (Fsp3) is 0.389. The molecule has 1 heterocycles. The summed E-state index contributed by atoms with van der Waals surface area (Å²) in [6, 6.07) is 5.37. The Balaban J connectivity index is 1.62. The smallest absolute Gasteiger partial charge is 0.254 e. The molecule has 2 aliphatic carbocycles. The number of benzene rings is 1. The number of imide groups is 1. The molecule has 6 heteroatoms. The molecule has 1 aliphatic heterocycles. The predicted molar refractivity (Wildman–Crippen MR) is 86.7 cm³/mol. The van der Waals surface area contributed by atoms with Crippen LogP contribution in [-0.4, -0.2) is 37.3 Å². The molecule has 4 atom stereocenters. The van der Waals surface area contributed by atoms with E-state index in [0.717, 1.165) is 11.4 Å². The van der Waals surface area contributed by atoms with Gasteiger partial charge in [-0.1, -0.05) is 18.2 Å². The number of nitrogens with zero attached hydrogens (tertiary/aromatic N) is 2. The molecule has 0 spiro atoms. The van der Waals surface area contributed by atoms with Gasteiger partial charge in [-0.25, -0.2) is 0 Å². The van der Waals surface area contributed by atoms with Crippen LogP contribution in [0.2, 0.25) is 0 Å². The minimum Gasteiger partial charge on any atom is -0.493 e. The summed E-state index contributed by atoms with van der Waals surface area (Å²) in [6.07, 6.45) is 6.52. The maximum atomic E-state index is 12.6. The summed E-state index contributed by atoms with van der Waals surface area (Å²) >= 11 is 0. The summed E-state index contributed by atoms with van der Waals surface area (Å²) in [6.45, 7) is 0. The van der Waals surface area contributed by atoms with Crippen molar-refractivity contribution >= 4 is 18.0 Å². The molecule has 1 aromatic rings. The maximum Gasteiger partial charge on any atom is 0.254 e. The van der Waals surface area contributed by atoms with Gasteiger partial charge in [0.2, 0.25) is 0 Å². The Hall–Kier alpha value is -2.63. The van der Waals surface area contributed by atoms with Crippen LogP contribution in [0.3, 0.4) is 0 Å². The first-order valence-electron chi connectivity index (χ1n) is 7.96. The van der Waals surface area contributed by atoms with Gasteiger partial charge in [0.15, 0.2) is 11.5 Å². The van der Waals surface area contributed by atoms with E-state index < -0.39 is 0 Å². The van der Waals surface area contributed by atoms with Crippen LogP contribution in [-0.2, 0) is 9.59 Å². The van der Waals surface area contributed by atoms with Crippen molar-refractivity contribution in [3.63, 3.8) is 0 Å². The zero-order valence-corrected chi connectivity index (χ0v) is 13.5. The van der Waals surface area contributed by atoms with Gasteiger partial charge >= 0.3 is 0 Å². The van der Waals surface area contributed by atoms with E-state index in [1.165, 1.54) is 13.3 Å². The van der Waals surface area contributed by atoms with Crippen molar-refractivity contribution in [1.29, 1.82) is 0 Å². The van der Waals surface area contributed by atoms with E-state index in [2.05, 4.69) is 17.3 Å². The first-order valence-corrected chi connectivity index (χ1v) is 7.96. The third-order valence-electron chi connectivity index (χ3n) is 5.19. The van der Waals surface area contributed by atoms with Gasteiger partial charge in [-0.2, -0.15) is 10.1 Å². The number of amides is 2. The lowest BCUT2D eigenvalue weighted by atomic mass is 9.85. The van der Waals surface area contributed by atoms with Crippen LogP contribution in [0.4, 0.5) is 0 Å². The fourth-order valence-corrected chi connectivity index (χ4v) is 4.13. The Morgan fingerprint density at radius 2 is 1.75 bits per heavy atom. The zero-order chi connectivity index (χ0) is 16.8. The van der Waals surface area contributed by atoms with Crippen molar-refractivity contribution in [3.8, 4) is 11.5 Å². The first-order chi connectivity index (χ1) is 11.7. The lowest BCUT2D eigenvalue weighted by Crippen LogP contribution is -2.28. The maximum absolute atomic E-state index is 12.6. The Labute approximate surface area is 139 Å². The molecule has 0 N–H and O–H groups in total. The van der Waals surface area contributed by atoms with Gasteiger partial charge in [-0.15, -0.1) is 0 Å². The summed E-state index contributed by atoms with van der Waals surface area (Å²) in [7, 11) is 3.09. The standard InChI is InChI=1S/C18H18N2O4/c1-23-13-5-3-4-12(16(13)24-2)9-19-20-17(21)14-10-6-7-11(8-10)15(14)18(20)22/h3-7,9-11,14-15H,8H2,1-2H3/b19-9-/t10-,11+,14+,15-. The quantitative estimate of drug-likeness (QED) is 0.481.